The molecule has 6 nitrogen and oxygen atoms in total. The number of anilines is 2. The van der Waals surface area contributed by atoms with Crippen LogP contribution in [0.5, 0.6) is 0 Å². The van der Waals surface area contributed by atoms with Crippen molar-refractivity contribution < 1.29 is 9.53 Å². The molecule has 0 aliphatic rings. The number of nitrogens with zero attached hydrogens (tertiary/aromatic N) is 2. The van der Waals surface area contributed by atoms with Gasteiger partial charge in [-0.25, -0.2) is 4.98 Å². The van der Waals surface area contributed by atoms with Crippen LogP contribution in [0.3, 0.4) is 0 Å². The molecule has 6 heteroatoms. The summed E-state index contributed by atoms with van der Waals surface area (Å²) in [6.07, 6.45) is 0. The second kappa shape index (κ2) is 5.14. The Hall–Kier alpha value is -1.85. The van der Waals surface area contributed by atoms with Crippen molar-refractivity contribution in [3.8, 4) is 0 Å². The number of hydrogen-bond donors (Lipinski definition) is 2. The third-order valence-electron chi connectivity index (χ3n) is 1.72. The molecule has 0 unspecified atom stereocenters. The summed E-state index contributed by atoms with van der Waals surface area (Å²) in [6, 6.07) is 1.75. The molecular formula is C9H14N4O2. The maximum Gasteiger partial charge on any atom is 0.325 e. The monoisotopic (exact) mass is 210 g/mol. The Kier molecular flexibility index (Phi) is 3.84. The van der Waals surface area contributed by atoms with Crippen LogP contribution in [0.2, 0.25) is 0 Å². The lowest BCUT2D eigenvalue weighted by molar-refractivity contribution is -0.138. The van der Waals surface area contributed by atoms with E-state index in [2.05, 4.69) is 25.3 Å². The van der Waals surface area contributed by atoms with Crippen LogP contribution in [-0.2, 0) is 9.53 Å². The summed E-state index contributed by atoms with van der Waals surface area (Å²) in [6.45, 7) is 1.95. The minimum absolute atomic E-state index is 0.0934. The highest BCUT2D eigenvalue weighted by Gasteiger charge is 2.03. The Bertz CT molecular complexity index is 354. The van der Waals surface area contributed by atoms with Gasteiger partial charge >= 0.3 is 5.97 Å². The highest BCUT2D eigenvalue weighted by atomic mass is 16.5. The molecule has 0 aliphatic heterocycles. The molecule has 0 saturated carbocycles. The fraction of sp³-hybridized carbons (Fsp3) is 0.444. The zero-order chi connectivity index (χ0) is 11.3. The van der Waals surface area contributed by atoms with E-state index in [0.717, 1.165) is 5.69 Å². The number of aromatic nitrogens is 2. The lowest BCUT2D eigenvalue weighted by Crippen LogP contribution is -2.16. The van der Waals surface area contributed by atoms with Crippen molar-refractivity contribution in [3.63, 3.8) is 0 Å². The van der Waals surface area contributed by atoms with Crippen molar-refractivity contribution in [1.29, 1.82) is 0 Å². The number of nitrogens with one attached hydrogen (secondary N) is 2. The predicted octanol–water partition coefficient (Wildman–Crippen LogP) is 0.412. The molecule has 82 valence electrons. The first kappa shape index (κ1) is 11.2. The number of rotatable bonds is 4. The van der Waals surface area contributed by atoms with Gasteiger partial charge in [0.05, 0.1) is 7.11 Å². The van der Waals surface area contributed by atoms with E-state index in [1.54, 1.807) is 13.1 Å². The molecule has 2 N–H and O–H groups in total. The van der Waals surface area contributed by atoms with Crippen molar-refractivity contribution in [2.24, 2.45) is 0 Å². The van der Waals surface area contributed by atoms with E-state index in [0.29, 0.717) is 11.8 Å². The summed E-state index contributed by atoms with van der Waals surface area (Å²) in [4.78, 5) is 19.1. The van der Waals surface area contributed by atoms with E-state index in [1.807, 2.05) is 6.92 Å². The van der Waals surface area contributed by atoms with Crippen LogP contribution in [0.15, 0.2) is 6.07 Å². The van der Waals surface area contributed by atoms with Gasteiger partial charge in [0.2, 0.25) is 5.95 Å². The molecule has 0 radical (unpaired) electrons. The summed E-state index contributed by atoms with van der Waals surface area (Å²) in [5.74, 6) is 0.775. The van der Waals surface area contributed by atoms with Gasteiger partial charge in [-0.2, -0.15) is 4.98 Å². The van der Waals surface area contributed by atoms with Crippen LogP contribution in [0.25, 0.3) is 0 Å². The number of carbonyl (C=O) groups excluding carboxylic acids is 1. The zero-order valence-electron chi connectivity index (χ0n) is 9.00. The Labute approximate surface area is 88.1 Å². The van der Waals surface area contributed by atoms with Gasteiger partial charge in [0, 0.05) is 18.8 Å². The van der Waals surface area contributed by atoms with Gasteiger partial charge in [-0.1, -0.05) is 0 Å². The molecule has 1 rings (SSSR count). The first-order valence-corrected chi connectivity index (χ1v) is 4.50. The van der Waals surface area contributed by atoms with E-state index in [-0.39, 0.29) is 12.5 Å². The molecule has 1 heterocycles. The van der Waals surface area contributed by atoms with Crippen LogP contribution in [0.1, 0.15) is 5.69 Å². The molecule has 0 spiro atoms. The van der Waals surface area contributed by atoms with Crippen LogP contribution >= 0.6 is 0 Å². The largest absolute Gasteiger partial charge is 0.468 e. The minimum Gasteiger partial charge on any atom is -0.468 e. The first-order valence-electron chi connectivity index (χ1n) is 4.50. The molecule has 0 saturated heterocycles. The number of esters is 1. The fourth-order valence-electron chi connectivity index (χ4n) is 1.01. The molecular weight excluding hydrogens is 196 g/mol. The van der Waals surface area contributed by atoms with Crippen molar-refractivity contribution in [1.82, 2.24) is 9.97 Å². The second-order valence-electron chi connectivity index (χ2n) is 2.90. The number of methoxy groups -OCH3 is 1. The average Bonchev–Trinajstić information content (AvgIpc) is 2.25. The number of carbonyl (C=O) groups is 1. The summed E-state index contributed by atoms with van der Waals surface area (Å²) in [5.41, 5.74) is 0.821. The number of aryl methyl sites for hydroxylation is 1. The molecule has 0 bridgehead atoms. The Balaban J connectivity index is 2.68. The summed E-state index contributed by atoms with van der Waals surface area (Å²) >= 11 is 0. The van der Waals surface area contributed by atoms with E-state index < -0.39 is 0 Å². The topological polar surface area (TPSA) is 76.1 Å². The molecule has 0 aliphatic carbocycles. The molecule has 0 aromatic carbocycles. The van der Waals surface area contributed by atoms with Gasteiger partial charge in [-0.3, -0.25) is 4.79 Å². The van der Waals surface area contributed by atoms with E-state index in [4.69, 9.17) is 0 Å². The molecule has 0 atom stereocenters. The summed E-state index contributed by atoms with van der Waals surface area (Å²) < 4.78 is 4.50. The minimum atomic E-state index is -0.336. The van der Waals surface area contributed by atoms with Gasteiger partial charge in [-0.05, 0) is 6.92 Å². The Morgan fingerprint density at radius 1 is 1.53 bits per heavy atom. The highest BCUT2D eigenvalue weighted by molar-refractivity contribution is 5.74. The van der Waals surface area contributed by atoms with Crippen molar-refractivity contribution in [2.75, 3.05) is 31.3 Å². The van der Waals surface area contributed by atoms with Gasteiger partial charge in [-0.15, -0.1) is 0 Å². The van der Waals surface area contributed by atoms with Gasteiger partial charge in [0.1, 0.15) is 12.4 Å². The quantitative estimate of drug-likeness (QED) is 0.701. The third-order valence-corrected chi connectivity index (χ3v) is 1.72. The molecule has 1 aromatic rings. The summed E-state index contributed by atoms with van der Waals surface area (Å²) in [7, 11) is 3.08. The van der Waals surface area contributed by atoms with Crippen molar-refractivity contribution >= 4 is 17.7 Å². The van der Waals surface area contributed by atoms with Crippen LogP contribution in [-0.4, -0.2) is 36.6 Å². The number of ether oxygens (including phenoxy) is 1. The average molecular weight is 210 g/mol. The Morgan fingerprint density at radius 2 is 2.27 bits per heavy atom. The molecule has 15 heavy (non-hydrogen) atoms. The zero-order valence-corrected chi connectivity index (χ0v) is 9.00. The predicted molar refractivity (Wildman–Crippen MR) is 56.8 cm³/mol. The lowest BCUT2D eigenvalue weighted by atomic mass is 10.4. The van der Waals surface area contributed by atoms with E-state index in [1.165, 1.54) is 7.11 Å². The van der Waals surface area contributed by atoms with Gasteiger partial charge in [0.15, 0.2) is 0 Å². The van der Waals surface area contributed by atoms with E-state index >= 15 is 0 Å². The normalized spacial score (nSPS) is 9.53. The molecule has 1 aromatic heterocycles. The standard InChI is InChI=1S/C9H14N4O2/c1-6-4-7(11-5-8(14)15-3)13-9(10-2)12-6/h4H,5H2,1-3H3,(H2,10,11,12,13). The maximum absolute atomic E-state index is 10.9. The second-order valence-corrected chi connectivity index (χ2v) is 2.90. The van der Waals surface area contributed by atoms with Crippen molar-refractivity contribution in [3.05, 3.63) is 11.8 Å². The fourth-order valence-corrected chi connectivity index (χ4v) is 1.01. The summed E-state index contributed by atoms with van der Waals surface area (Å²) in [5, 5.41) is 5.68. The SMILES string of the molecule is CNc1nc(C)cc(NCC(=O)OC)n1. The Morgan fingerprint density at radius 3 is 2.87 bits per heavy atom. The smallest absolute Gasteiger partial charge is 0.325 e. The van der Waals surface area contributed by atoms with Crippen LogP contribution in [0, 0.1) is 6.92 Å². The van der Waals surface area contributed by atoms with Crippen LogP contribution in [0.4, 0.5) is 11.8 Å². The van der Waals surface area contributed by atoms with E-state index in [9.17, 15) is 4.79 Å². The molecule has 0 amide bonds. The van der Waals surface area contributed by atoms with Gasteiger partial charge < -0.3 is 15.4 Å². The maximum atomic E-state index is 10.9. The number of hydrogen-bond acceptors (Lipinski definition) is 6. The first-order chi connectivity index (χ1) is 7.15. The molecule has 0 fully saturated rings. The van der Waals surface area contributed by atoms with Crippen LogP contribution < -0.4 is 10.6 Å². The van der Waals surface area contributed by atoms with Gasteiger partial charge in [0.25, 0.3) is 0 Å². The highest BCUT2D eigenvalue weighted by Crippen LogP contribution is 2.08. The van der Waals surface area contributed by atoms with Crippen molar-refractivity contribution in [2.45, 2.75) is 6.92 Å². The third kappa shape index (κ3) is 3.41. The lowest BCUT2D eigenvalue weighted by Gasteiger charge is -2.06.